The van der Waals surface area contributed by atoms with Crippen LogP contribution in [0.2, 0.25) is 0 Å². The molecule has 7 heteroatoms. The van der Waals surface area contributed by atoms with E-state index in [4.69, 9.17) is 9.97 Å². The van der Waals surface area contributed by atoms with E-state index < -0.39 is 0 Å². The monoisotopic (exact) mass is 434 g/mol. The molecule has 31 heavy (non-hydrogen) atoms. The molecule has 1 aromatic carbocycles. The van der Waals surface area contributed by atoms with Crippen molar-refractivity contribution in [2.24, 2.45) is 0 Å². The minimum Gasteiger partial charge on any atom is -0.359 e. The fraction of sp³-hybridized carbons (Fsp3) is 0.458. The third-order valence-corrected chi connectivity index (χ3v) is 7.41. The van der Waals surface area contributed by atoms with Crippen LogP contribution in [-0.2, 0) is 0 Å². The van der Waals surface area contributed by atoms with Gasteiger partial charge in [0.1, 0.15) is 0 Å². The van der Waals surface area contributed by atoms with E-state index >= 15 is 0 Å². The molecule has 1 atom stereocenters. The summed E-state index contributed by atoms with van der Waals surface area (Å²) < 4.78 is 0. The number of hydrogen-bond acceptors (Lipinski definition) is 7. The molecular weight excluding hydrogens is 404 g/mol. The molecule has 5 rings (SSSR count). The summed E-state index contributed by atoms with van der Waals surface area (Å²) in [5, 5.41) is 11.5. The van der Waals surface area contributed by atoms with Gasteiger partial charge in [0.2, 0.25) is 5.95 Å². The minimum absolute atomic E-state index is 0.563. The van der Waals surface area contributed by atoms with Crippen molar-refractivity contribution >= 4 is 28.1 Å². The van der Waals surface area contributed by atoms with E-state index in [2.05, 4.69) is 52.1 Å². The van der Waals surface area contributed by atoms with E-state index in [1.807, 2.05) is 12.3 Å². The highest BCUT2D eigenvalue weighted by Gasteiger charge is 2.18. The Morgan fingerprint density at radius 3 is 2.61 bits per heavy atom. The maximum Gasteiger partial charge on any atom is 0.227 e. The second kappa shape index (κ2) is 9.32. The van der Waals surface area contributed by atoms with Gasteiger partial charge in [-0.25, -0.2) is 15.0 Å². The summed E-state index contributed by atoms with van der Waals surface area (Å²) in [5.41, 5.74) is 4.33. The Labute approximate surface area is 187 Å². The number of benzene rings is 1. The molecule has 1 saturated carbocycles. The van der Waals surface area contributed by atoms with E-state index in [0.717, 1.165) is 40.2 Å². The molecule has 2 aliphatic rings. The Hall–Kier alpha value is -2.51. The molecule has 2 aromatic heterocycles. The number of anilines is 3. The molecule has 1 unspecified atom stereocenters. The van der Waals surface area contributed by atoms with Crippen LogP contribution in [0.3, 0.4) is 0 Å². The summed E-state index contributed by atoms with van der Waals surface area (Å²) in [6, 6.07) is 11.2. The maximum absolute atomic E-state index is 4.77. The number of thiazole rings is 1. The SMILES string of the molecule is Cc1nc(NC2CCCC2)sc1-c1ccnc(Nc2ccc(C3CCCNC3)cc2)n1. The fourth-order valence-corrected chi connectivity index (χ4v) is 5.60. The van der Waals surface area contributed by atoms with E-state index in [0.29, 0.717) is 17.9 Å². The highest BCUT2D eigenvalue weighted by atomic mass is 32.1. The predicted octanol–water partition coefficient (Wildman–Crippen LogP) is 5.47. The average molecular weight is 435 g/mol. The number of nitrogens with zero attached hydrogens (tertiary/aromatic N) is 3. The molecule has 6 nitrogen and oxygen atoms in total. The van der Waals surface area contributed by atoms with Crippen LogP contribution in [-0.4, -0.2) is 34.1 Å². The molecular formula is C24H30N6S. The summed E-state index contributed by atoms with van der Waals surface area (Å²) in [6.07, 6.45) is 9.44. The van der Waals surface area contributed by atoms with Crippen LogP contribution in [0.15, 0.2) is 36.5 Å². The van der Waals surface area contributed by atoms with Gasteiger partial charge in [-0.15, -0.1) is 0 Å². The zero-order chi connectivity index (χ0) is 21.0. The maximum atomic E-state index is 4.77. The van der Waals surface area contributed by atoms with Gasteiger partial charge in [-0.05, 0) is 68.8 Å². The Balaban J connectivity index is 1.28. The average Bonchev–Trinajstić information content (AvgIpc) is 3.45. The standard InChI is InChI=1S/C24H30N6S/c1-16-22(31-24(27-16)29-19-6-2-3-7-19)21-12-14-26-23(30-21)28-20-10-8-17(9-11-20)18-5-4-13-25-15-18/h8-12,14,18-19,25H,2-7,13,15H2,1H3,(H,27,29)(H,26,28,30). The van der Waals surface area contributed by atoms with Crippen molar-refractivity contribution in [1.82, 2.24) is 20.3 Å². The van der Waals surface area contributed by atoms with E-state index in [9.17, 15) is 0 Å². The largest absolute Gasteiger partial charge is 0.359 e. The third kappa shape index (κ3) is 4.88. The Morgan fingerprint density at radius 1 is 1.00 bits per heavy atom. The second-order valence-electron chi connectivity index (χ2n) is 8.62. The molecule has 3 N–H and O–H groups in total. The molecule has 2 fully saturated rings. The summed E-state index contributed by atoms with van der Waals surface area (Å²) in [5.74, 6) is 1.23. The van der Waals surface area contributed by atoms with Gasteiger partial charge in [0.05, 0.1) is 16.3 Å². The Kier molecular flexibility index (Phi) is 6.13. The second-order valence-corrected chi connectivity index (χ2v) is 9.61. The summed E-state index contributed by atoms with van der Waals surface area (Å²) in [7, 11) is 0. The first-order valence-corrected chi connectivity index (χ1v) is 12.2. The lowest BCUT2D eigenvalue weighted by atomic mass is 9.92. The Bertz CT molecular complexity index is 1000. The molecule has 0 bridgehead atoms. The molecule has 162 valence electrons. The van der Waals surface area contributed by atoms with Gasteiger partial charge in [-0.3, -0.25) is 0 Å². The molecule has 3 heterocycles. The summed E-state index contributed by atoms with van der Waals surface area (Å²) in [4.78, 5) is 15.0. The van der Waals surface area contributed by atoms with Gasteiger partial charge in [0, 0.05) is 24.5 Å². The van der Waals surface area contributed by atoms with E-state index in [-0.39, 0.29) is 0 Å². The van der Waals surface area contributed by atoms with Crippen LogP contribution in [0.1, 0.15) is 55.7 Å². The van der Waals surface area contributed by atoms with Crippen LogP contribution >= 0.6 is 11.3 Å². The van der Waals surface area contributed by atoms with Crippen LogP contribution in [0.5, 0.6) is 0 Å². The van der Waals surface area contributed by atoms with Gasteiger partial charge >= 0.3 is 0 Å². The molecule has 3 aromatic rings. The topological polar surface area (TPSA) is 74.8 Å². The highest BCUT2D eigenvalue weighted by Crippen LogP contribution is 2.34. The number of nitrogens with one attached hydrogen (secondary N) is 3. The number of aromatic nitrogens is 3. The van der Waals surface area contributed by atoms with E-state index in [1.54, 1.807) is 11.3 Å². The van der Waals surface area contributed by atoms with Gasteiger partial charge in [0.15, 0.2) is 5.13 Å². The van der Waals surface area contributed by atoms with E-state index in [1.165, 1.54) is 44.1 Å². The molecule has 0 spiro atoms. The Morgan fingerprint density at radius 2 is 1.84 bits per heavy atom. The minimum atomic E-state index is 0.563. The van der Waals surface area contributed by atoms with Gasteiger partial charge in [0.25, 0.3) is 0 Å². The highest BCUT2D eigenvalue weighted by molar-refractivity contribution is 7.19. The third-order valence-electron chi connectivity index (χ3n) is 6.30. The number of aryl methyl sites for hydroxylation is 1. The van der Waals surface area contributed by atoms with Crippen molar-refractivity contribution in [2.75, 3.05) is 23.7 Å². The number of rotatable bonds is 6. The number of hydrogen-bond donors (Lipinski definition) is 3. The molecule has 1 saturated heterocycles. The van der Waals surface area contributed by atoms with Gasteiger partial charge in [-0.1, -0.05) is 36.3 Å². The fourth-order valence-electron chi connectivity index (χ4n) is 4.59. The number of piperidine rings is 1. The van der Waals surface area contributed by atoms with Crippen molar-refractivity contribution < 1.29 is 0 Å². The van der Waals surface area contributed by atoms with Gasteiger partial charge < -0.3 is 16.0 Å². The zero-order valence-corrected chi connectivity index (χ0v) is 18.8. The zero-order valence-electron chi connectivity index (χ0n) is 18.0. The normalized spacial score (nSPS) is 19.5. The van der Waals surface area contributed by atoms with Crippen molar-refractivity contribution in [1.29, 1.82) is 0 Å². The first-order valence-electron chi connectivity index (χ1n) is 11.4. The molecule has 0 radical (unpaired) electrons. The molecule has 0 amide bonds. The van der Waals surface area contributed by atoms with Crippen LogP contribution in [0.4, 0.5) is 16.8 Å². The smallest absolute Gasteiger partial charge is 0.227 e. The lowest BCUT2D eigenvalue weighted by Gasteiger charge is -2.23. The first kappa shape index (κ1) is 20.4. The molecule has 1 aliphatic carbocycles. The first-order chi connectivity index (χ1) is 15.2. The quantitative estimate of drug-likeness (QED) is 0.477. The van der Waals surface area contributed by atoms with Crippen LogP contribution in [0, 0.1) is 6.92 Å². The van der Waals surface area contributed by atoms with Crippen molar-refractivity contribution in [3.63, 3.8) is 0 Å². The van der Waals surface area contributed by atoms with Crippen molar-refractivity contribution in [3.05, 3.63) is 47.8 Å². The summed E-state index contributed by atoms with van der Waals surface area (Å²) >= 11 is 1.69. The lowest BCUT2D eigenvalue weighted by Crippen LogP contribution is -2.28. The van der Waals surface area contributed by atoms with Crippen molar-refractivity contribution in [3.8, 4) is 10.6 Å². The molecule has 1 aliphatic heterocycles. The predicted molar refractivity (Wildman–Crippen MR) is 128 cm³/mol. The van der Waals surface area contributed by atoms with Crippen molar-refractivity contribution in [2.45, 2.75) is 57.4 Å². The summed E-state index contributed by atoms with van der Waals surface area (Å²) in [6.45, 7) is 4.27. The van der Waals surface area contributed by atoms with Crippen LogP contribution < -0.4 is 16.0 Å². The van der Waals surface area contributed by atoms with Crippen LogP contribution in [0.25, 0.3) is 10.6 Å². The lowest BCUT2D eigenvalue weighted by molar-refractivity contribution is 0.461. The van der Waals surface area contributed by atoms with Gasteiger partial charge in [-0.2, -0.15) is 0 Å².